The Labute approximate surface area is 191 Å². The Morgan fingerprint density at radius 3 is 2.65 bits per heavy atom. The van der Waals surface area contributed by atoms with E-state index in [1.54, 1.807) is 35.0 Å². The van der Waals surface area contributed by atoms with Gasteiger partial charge in [-0.15, -0.1) is 11.3 Å². The number of rotatable bonds is 5. The van der Waals surface area contributed by atoms with Crippen molar-refractivity contribution in [3.05, 3.63) is 69.4 Å². The molecule has 1 aromatic carbocycles. The van der Waals surface area contributed by atoms with E-state index in [9.17, 15) is 9.59 Å². The predicted molar refractivity (Wildman–Crippen MR) is 121 cm³/mol. The highest BCUT2D eigenvalue weighted by Crippen LogP contribution is 2.31. The lowest BCUT2D eigenvalue weighted by Gasteiger charge is -2.13. The minimum Gasteiger partial charge on any atom is -0.448 e. The molecule has 0 fully saturated rings. The van der Waals surface area contributed by atoms with Crippen molar-refractivity contribution < 1.29 is 14.3 Å². The Morgan fingerprint density at radius 2 is 1.94 bits per heavy atom. The minimum absolute atomic E-state index is 0.154. The molecular weight excluding hydrogens is 459 g/mol. The number of amides is 1. The number of nitrogens with one attached hydrogen (secondary N) is 1. The van der Waals surface area contributed by atoms with Gasteiger partial charge in [0, 0.05) is 16.6 Å². The van der Waals surface area contributed by atoms with Gasteiger partial charge in [0.25, 0.3) is 5.91 Å². The first-order valence-electron chi connectivity index (χ1n) is 9.21. The van der Waals surface area contributed by atoms with Crippen LogP contribution in [0.5, 0.6) is 0 Å². The highest BCUT2D eigenvalue weighted by Gasteiger charge is 2.23. The van der Waals surface area contributed by atoms with E-state index in [0.717, 1.165) is 21.6 Å². The fourth-order valence-electron chi connectivity index (χ4n) is 2.89. The summed E-state index contributed by atoms with van der Waals surface area (Å²) in [6.45, 7) is 3.36. The molecule has 3 heterocycles. The van der Waals surface area contributed by atoms with Crippen molar-refractivity contribution in [1.82, 2.24) is 14.8 Å². The molecule has 0 saturated heterocycles. The summed E-state index contributed by atoms with van der Waals surface area (Å²) < 4.78 is 7.11. The molecular formula is C21H16Cl2N4O3S. The Hall–Kier alpha value is -2.94. The maximum atomic E-state index is 12.7. The summed E-state index contributed by atoms with van der Waals surface area (Å²) in [7, 11) is 0. The molecule has 31 heavy (non-hydrogen) atoms. The number of pyridine rings is 1. The third-order valence-corrected chi connectivity index (χ3v) is 6.13. The molecule has 0 spiro atoms. The number of hydrogen-bond donors (Lipinski definition) is 1. The standard InChI is InChI=1S/C21H16Cl2N4O3S/c1-11-15-10-17(31-20(15)27(26-11)14-7-5-13(22)6-8-14)21(29)30-12(2)19(28)25-16-4-3-9-24-18(16)23/h3-10,12H,1-2H3,(H,25,28). The highest BCUT2D eigenvalue weighted by atomic mass is 35.5. The monoisotopic (exact) mass is 474 g/mol. The first kappa shape index (κ1) is 21.3. The molecule has 10 heteroatoms. The number of hydrogen-bond acceptors (Lipinski definition) is 6. The van der Waals surface area contributed by atoms with Crippen LogP contribution in [0.2, 0.25) is 10.2 Å². The number of halogens is 2. The van der Waals surface area contributed by atoms with Crippen LogP contribution in [-0.4, -0.2) is 32.7 Å². The molecule has 1 unspecified atom stereocenters. The zero-order chi connectivity index (χ0) is 22.1. The number of esters is 1. The number of thiophene rings is 1. The summed E-state index contributed by atoms with van der Waals surface area (Å²) in [5.41, 5.74) is 1.94. The van der Waals surface area contributed by atoms with E-state index in [1.165, 1.54) is 24.5 Å². The number of benzene rings is 1. The summed E-state index contributed by atoms with van der Waals surface area (Å²) in [5.74, 6) is -1.10. The van der Waals surface area contributed by atoms with Gasteiger partial charge in [0.1, 0.15) is 9.71 Å². The van der Waals surface area contributed by atoms with Gasteiger partial charge >= 0.3 is 5.97 Å². The molecule has 0 radical (unpaired) electrons. The normalized spacial score (nSPS) is 12.0. The van der Waals surface area contributed by atoms with Gasteiger partial charge in [-0.05, 0) is 56.3 Å². The Kier molecular flexibility index (Phi) is 5.95. The van der Waals surface area contributed by atoms with E-state index in [2.05, 4.69) is 15.4 Å². The Bertz CT molecular complexity index is 1280. The van der Waals surface area contributed by atoms with Crippen LogP contribution in [0.1, 0.15) is 22.3 Å². The molecule has 1 N–H and O–H groups in total. The zero-order valence-corrected chi connectivity index (χ0v) is 18.8. The lowest BCUT2D eigenvalue weighted by Crippen LogP contribution is -2.29. The van der Waals surface area contributed by atoms with Gasteiger partial charge in [-0.25, -0.2) is 14.5 Å². The number of aryl methyl sites for hydroxylation is 1. The fraction of sp³-hybridized carbons (Fsp3) is 0.143. The molecule has 4 aromatic rings. The van der Waals surface area contributed by atoms with Gasteiger partial charge in [-0.3, -0.25) is 4.79 Å². The average molecular weight is 475 g/mol. The number of aromatic nitrogens is 3. The maximum Gasteiger partial charge on any atom is 0.349 e. The SMILES string of the molecule is Cc1nn(-c2ccc(Cl)cc2)c2sc(C(=O)OC(C)C(=O)Nc3cccnc3Cl)cc12. The number of ether oxygens (including phenoxy) is 1. The van der Waals surface area contributed by atoms with Crippen LogP contribution < -0.4 is 5.32 Å². The molecule has 0 aliphatic heterocycles. The van der Waals surface area contributed by atoms with Gasteiger partial charge < -0.3 is 10.1 Å². The van der Waals surface area contributed by atoms with Crippen LogP contribution in [0, 0.1) is 6.92 Å². The van der Waals surface area contributed by atoms with Crippen LogP contribution in [0.15, 0.2) is 48.7 Å². The number of fused-ring (bicyclic) bond motifs is 1. The molecule has 3 aromatic heterocycles. The van der Waals surface area contributed by atoms with E-state index >= 15 is 0 Å². The third kappa shape index (κ3) is 4.41. The van der Waals surface area contributed by atoms with Crippen LogP contribution in [0.4, 0.5) is 5.69 Å². The van der Waals surface area contributed by atoms with Crippen LogP contribution in [0.25, 0.3) is 15.9 Å². The van der Waals surface area contributed by atoms with Gasteiger partial charge in [0.15, 0.2) is 11.3 Å². The van der Waals surface area contributed by atoms with Crippen molar-refractivity contribution in [2.24, 2.45) is 0 Å². The van der Waals surface area contributed by atoms with Gasteiger partial charge in [0.2, 0.25) is 0 Å². The van der Waals surface area contributed by atoms with Gasteiger partial charge in [0.05, 0.1) is 17.1 Å². The lowest BCUT2D eigenvalue weighted by molar-refractivity contribution is -0.123. The number of carbonyl (C=O) groups excluding carboxylic acids is 2. The minimum atomic E-state index is -1.03. The van der Waals surface area contributed by atoms with Crippen molar-refractivity contribution in [2.45, 2.75) is 20.0 Å². The summed E-state index contributed by atoms with van der Waals surface area (Å²) >= 11 is 13.2. The Morgan fingerprint density at radius 1 is 1.19 bits per heavy atom. The molecule has 0 aliphatic carbocycles. The van der Waals surface area contributed by atoms with Gasteiger partial charge in [-0.1, -0.05) is 23.2 Å². The third-order valence-electron chi connectivity index (χ3n) is 4.49. The zero-order valence-electron chi connectivity index (χ0n) is 16.4. The number of carbonyl (C=O) groups is 2. The van der Waals surface area contributed by atoms with E-state index in [0.29, 0.717) is 15.6 Å². The largest absolute Gasteiger partial charge is 0.448 e. The van der Waals surface area contributed by atoms with Crippen LogP contribution >= 0.6 is 34.5 Å². The van der Waals surface area contributed by atoms with E-state index < -0.39 is 18.0 Å². The second-order valence-corrected chi connectivity index (χ2v) is 8.51. The molecule has 0 bridgehead atoms. The van der Waals surface area contributed by atoms with E-state index in [-0.39, 0.29) is 5.15 Å². The Balaban J connectivity index is 1.53. The maximum absolute atomic E-state index is 12.7. The quantitative estimate of drug-likeness (QED) is 0.314. The molecule has 0 aliphatic rings. The summed E-state index contributed by atoms with van der Waals surface area (Å²) in [5, 5.41) is 8.76. The fourth-order valence-corrected chi connectivity index (χ4v) is 4.25. The molecule has 1 amide bonds. The smallest absolute Gasteiger partial charge is 0.349 e. The second-order valence-electron chi connectivity index (χ2n) is 6.68. The molecule has 158 valence electrons. The van der Waals surface area contributed by atoms with Crippen molar-refractivity contribution >= 4 is 62.3 Å². The lowest BCUT2D eigenvalue weighted by atomic mass is 10.3. The number of anilines is 1. The van der Waals surface area contributed by atoms with Crippen LogP contribution in [-0.2, 0) is 9.53 Å². The van der Waals surface area contributed by atoms with Crippen molar-refractivity contribution in [3.8, 4) is 5.69 Å². The summed E-state index contributed by atoms with van der Waals surface area (Å²) in [4.78, 5) is 30.1. The second kappa shape index (κ2) is 8.66. The average Bonchev–Trinajstić information content (AvgIpc) is 3.31. The predicted octanol–water partition coefficient (Wildman–Crippen LogP) is 5.28. The van der Waals surface area contributed by atoms with Crippen LogP contribution in [0.3, 0.4) is 0 Å². The topological polar surface area (TPSA) is 86.1 Å². The van der Waals surface area contributed by atoms with Gasteiger partial charge in [-0.2, -0.15) is 5.10 Å². The van der Waals surface area contributed by atoms with Crippen molar-refractivity contribution in [1.29, 1.82) is 0 Å². The summed E-state index contributed by atoms with van der Waals surface area (Å²) in [6, 6.07) is 12.2. The van der Waals surface area contributed by atoms with E-state index in [1.807, 2.05) is 19.1 Å². The first-order chi connectivity index (χ1) is 14.8. The molecule has 0 saturated carbocycles. The highest BCUT2D eigenvalue weighted by molar-refractivity contribution is 7.20. The number of nitrogens with zero attached hydrogens (tertiary/aromatic N) is 3. The van der Waals surface area contributed by atoms with Crippen molar-refractivity contribution in [3.63, 3.8) is 0 Å². The first-order valence-corrected chi connectivity index (χ1v) is 10.8. The molecule has 7 nitrogen and oxygen atoms in total. The molecule has 1 atom stereocenters. The van der Waals surface area contributed by atoms with Crippen molar-refractivity contribution in [2.75, 3.05) is 5.32 Å². The van der Waals surface area contributed by atoms with E-state index in [4.69, 9.17) is 27.9 Å². The summed E-state index contributed by atoms with van der Waals surface area (Å²) in [6.07, 6.45) is 0.485. The molecule has 4 rings (SSSR count).